The van der Waals surface area contributed by atoms with Crippen LogP contribution in [0.15, 0.2) is 58.0 Å². The van der Waals surface area contributed by atoms with Gasteiger partial charge >= 0.3 is 0 Å². The van der Waals surface area contributed by atoms with Gasteiger partial charge in [0.1, 0.15) is 6.61 Å². The number of hydrogen-bond acceptors (Lipinski definition) is 6. The minimum atomic E-state index is -0.436. The number of ether oxygens (including phenoxy) is 1. The number of thioether (sulfide) groups is 1. The van der Waals surface area contributed by atoms with Crippen molar-refractivity contribution in [1.82, 2.24) is 14.8 Å². The Balaban J connectivity index is 1.69. The van der Waals surface area contributed by atoms with Crippen LogP contribution < -0.4 is 4.74 Å². The number of para-hydroxylation sites is 1. The van der Waals surface area contributed by atoms with Gasteiger partial charge in [-0.25, -0.2) is 4.39 Å². The largest absolute Gasteiger partial charge is 0.483 e. The van der Waals surface area contributed by atoms with Gasteiger partial charge in [0.2, 0.25) is 0 Å². The Bertz CT molecular complexity index is 958. The van der Waals surface area contributed by atoms with E-state index < -0.39 is 5.82 Å². The molecule has 0 aliphatic rings. The van der Waals surface area contributed by atoms with E-state index in [0.29, 0.717) is 22.4 Å². The zero-order chi connectivity index (χ0) is 19.2. The third kappa shape index (κ3) is 4.85. The monoisotopic (exact) mass is 467 g/mol. The smallest absolute Gasteiger partial charge is 0.192 e. The summed E-state index contributed by atoms with van der Waals surface area (Å²) in [6.45, 7) is 4.26. The van der Waals surface area contributed by atoms with Crippen molar-refractivity contribution < 1.29 is 13.9 Å². The molecule has 140 valence electrons. The second-order valence-electron chi connectivity index (χ2n) is 5.33. The summed E-state index contributed by atoms with van der Waals surface area (Å²) < 4.78 is 21.8. The Morgan fingerprint density at radius 2 is 2.19 bits per heavy atom. The van der Waals surface area contributed by atoms with Gasteiger partial charge in [-0.05, 0) is 39.5 Å². The molecule has 0 atom stereocenters. The summed E-state index contributed by atoms with van der Waals surface area (Å²) in [4.78, 5) is 13.0. The first kappa shape index (κ1) is 19.8. The van der Waals surface area contributed by atoms with Crippen LogP contribution in [0.1, 0.15) is 15.5 Å². The topological polar surface area (TPSA) is 57.0 Å². The van der Waals surface area contributed by atoms with E-state index in [1.807, 2.05) is 11.4 Å². The number of benzene rings is 1. The number of aromatic nitrogens is 3. The van der Waals surface area contributed by atoms with Crippen LogP contribution in [0.2, 0.25) is 0 Å². The van der Waals surface area contributed by atoms with Crippen LogP contribution in [-0.2, 0) is 13.2 Å². The summed E-state index contributed by atoms with van der Waals surface area (Å²) in [6.07, 6.45) is 1.71. The molecule has 3 rings (SSSR count). The number of thiophene rings is 1. The van der Waals surface area contributed by atoms with Gasteiger partial charge in [-0.3, -0.25) is 9.36 Å². The standard InChI is InChI=1S/C18H15BrFN3O2S2/c1-2-8-23-16(10-25-15-6-4-3-5-13(15)20)21-22-18(23)27-11-14(24)17-12(19)7-9-26-17/h2-7,9H,1,8,10-11H2. The fourth-order valence-corrected chi connectivity index (χ4v) is 4.70. The Labute approximate surface area is 172 Å². The van der Waals surface area contributed by atoms with Crippen molar-refractivity contribution in [1.29, 1.82) is 0 Å². The van der Waals surface area contributed by atoms with Crippen LogP contribution in [0, 0.1) is 5.82 Å². The number of ketones is 1. The highest BCUT2D eigenvalue weighted by atomic mass is 79.9. The van der Waals surface area contributed by atoms with Crippen molar-refractivity contribution in [2.75, 3.05) is 5.75 Å². The van der Waals surface area contributed by atoms with Gasteiger partial charge in [0, 0.05) is 11.0 Å². The third-order valence-electron chi connectivity index (χ3n) is 3.50. The third-order valence-corrected chi connectivity index (χ3v) is 6.35. The maximum absolute atomic E-state index is 13.7. The van der Waals surface area contributed by atoms with Crippen molar-refractivity contribution in [2.24, 2.45) is 0 Å². The van der Waals surface area contributed by atoms with Gasteiger partial charge in [-0.1, -0.05) is 30.0 Å². The minimum absolute atomic E-state index is 0.0131. The van der Waals surface area contributed by atoms with Crippen LogP contribution in [0.25, 0.3) is 0 Å². The lowest BCUT2D eigenvalue weighted by atomic mass is 10.3. The van der Waals surface area contributed by atoms with E-state index in [2.05, 4.69) is 32.7 Å². The fourth-order valence-electron chi connectivity index (χ4n) is 2.24. The van der Waals surface area contributed by atoms with Crippen molar-refractivity contribution in [2.45, 2.75) is 18.3 Å². The predicted octanol–water partition coefficient (Wildman–Crippen LogP) is 4.98. The lowest BCUT2D eigenvalue weighted by molar-refractivity contribution is 0.102. The highest BCUT2D eigenvalue weighted by Crippen LogP contribution is 2.26. The summed E-state index contributed by atoms with van der Waals surface area (Å²) in [7, 11) is 0. The molecular formula is C18H15BrFN3O2S2. The molecule has 0 bridgehead atoms. The van der Waals surface area contributed by atoms with E-state index in [1.165, 1.54) is 29.2 Å². The molecule has 0 aliphatic carbocycles. The molecule has 1 aromatic carbocycles. The Morgan fingerprint density at radius 3 is 2.89 bits per heavy atom. The molecule has 9 heteroatoms. The zero-order valence-corrected chi connectivity index (χ0v) is 17.3. The lowest BCUT2D eigenvalue weighted by Crippen LogP contribution is -2.09. The lowest BCUT2D eigenvalue weighted by Gasteiger charge is -2.09. The molecule has 0 aliphatic heterocycles. The van der Waals surface area contributed by atoms with Crippen LogP contribution >= 0.6 is 39.0 Å². The van der Waals surface area contributed by atoms with Gasteiger partial charge in [0.05, 0.1) is 10.6 Å². The highest BCUT2D eigenvalue weighted by Gasteiger charge is 2.17. The molecule has 3 aromatic rings. The molecule has 5 nitrogen and oxygen atoms in total. The van der Waals surface area contributed by atoms with E-state index in [-0.39, 0.29) is 23.9 Å². The second-order valence-corrected chi connectivity index (χ2v) is 8.04. The van der Waals surface area contributed by atoms with Crippen LogP contribution in [0.5, 0.6) is 5.75 Å². The summed E-state index contributed by atoms with van der Waals surface area (Å²) in [5.74, 6) is 0.499. The number of nitrogens with zero attached hydrogens (tertiary/aromatic N) is 3. The number of rotatable bonds is 9. The molecular weight excluding hydrogens is 453 g/mol. The van der Waals surface area contributed by atoms with Crippen molar-refractivity contribution >= 4 is 44.8 Å². The molecule has 0 N–H and O–H groups in total. The fraction of sp³-hybridized carbons (Fsp3) is 0.167. The first-order valence-corrected chi connectivity index (χ1v) is 10.5. The summed E-state index contributed by atoms with van der Waals surface area (Å²) in [5.41, 5.74) is 0. The Kier molecular flexibility index (Phi) is 6.81. The first-order chi connectivity index (χ1) is 13.1. The van der Waals surface area contributed by atoms with Gasteiger partial charge in [0.15, 0.2) is 28.3 Å². The molecule has 0 amide bonds. The number of allylic oxidation sites excluding steroid dienone is 1. The molecule has 2 heterocycles. The molecule has 2 aromatic heterocycles. The number of hydrogen-bond donors (Lipinski definition) is 0. The van der Waals surface area contributed by atoms with Crippen molar-refractivity contribution in [3.63, 3.8) is 0 Å². The van der Waals surface area contributed by atoms with Crippen molar-refractivity contribution in [3.8, 4) is 5.75 Å². The molecule has 0 unspecified atom stereocenters. The maximum atomic E-state index is 13.7. The number of carbonyl (C=O) groups excluding carboxylic acids is 1. The molecule has 0 spiro atoms. The summed E-state index contributed by atoms with van der Waals surface area (Å²) in [6, 6.07) is 8.03. The molecule has 0 saturated heterocycles. The van der Waals surface area contributed by atoms with Gasteiger partial charge in [0.25, 0.3) is 0 Å². The van der Waals surface area contributed by atoms with E-state index in [4.69, 9.17) is 4.74 Å². The molecule has 0 radical (unpaired) electrons. The quantitative estimate of drug-likeness (QED) is 0.252. The Hall–Kier alpha value is -1.97. The SMILES string of the molecule is C=CCn1c(COc2ccccc2F)nnc1SCC(=O)c1sccc1Br. The second kappa shape index (κ2) is 9.29. The summed E-state index contributed by atoms with van der Waals surface area (Å²) in [5, 5.41) is 10.7. The van der Waals surface area contributed by atoms with Crippen LogP contribution in [0.4, 0.5) is 4.39 Å². The average Bonchev–Trinajstić information content (AvgIpc) is 3.26. The molecule has 0 saturated carbocycles. The Morgan fingerprint density at radius 1 is 1.37 bits per heavy atom. The number of halogens is 2. The van der Waals surface area contributed by atoms with Crippen LogP contribution in [-0.4, -0.2) is 26.3 Å². The normalized spacial score (nSPS) is 10.7. The van der Waals surface area contributed by atoms with E-state index in [0.717, 1.165) is 4.47 Å². The van der Waals surface area contributed by atoms with Crippen molar-refractivity contribution in [3.05, 3.63) is 69.4 Å². The maximum Gasteiger partial charge on any atom is 0.192 e. The number of Topliss-reactive ketones (excluding diaryl/α,β-unsaturated/α-hetero) is 1. The van der Waals surface area contributed by atoms with Gasteiger partial charge in [-0.2, -0.15) is 0 Å². The first-order valence-electron chi connectivity index (χ1n) is 7.89. The van der Waals surface area contributed by atoms with Crippen LogP contribution in [0.3, 0.4) is 0 Å². The van der Waals surface area contributed by atoms with Gasteiger partial charge in [-0.15, -0.1) is 28.1 Å². The average molecular weight is 468 g/mol. The van der Waals surface area contributed by atoms with E-state index >= 15 is 0 Å². The number of carbonyl (C=O) groups is 1. The summed E-state index contributed by atoms with van der Waals surface area (Å²) >= 11 is 6.06. The van der Waals surface area contributed by atoms with E-state index in [1.54, 1.807) is 28.8 Å². The van der Waals surface area contributed by atoms with Gasteiger partial charge < -0.3 is 4.74 Å². The van der Waals surface area contributed by atoms with E-state index in [9.17, 15) is 9.18 Å². The molecule has 27 heavy (non-hydrogen) atoms. The predicted molar refractivity (Wildman–Crippen MR) is 108 cm³/mol. The minimum Gasteiger partial charge on any atom is -0.483 e. The highest BCUT2D eigenvalue weighted by molar-refractivity contribution is 9.10. The zero-order valence-electron chi connectivity index (χ0n) is 14.1. The molecule has 0 fully saturated rings.